The van der Waals surface area contributed by atoms with E-state index in [0.29, 0.717) is 36.1 Å². The number of aromatic nitrogens is 4. The predicted molar refractivity (Wildman–Crippen MR) is 110 cm³/mol. The zero-order valence-electron chi connectivity index (χ0n) is 16.2. The summed E-state index contributed by atoms with van der Waals surface area (Å²) in [4.78, 5) is 21.4. The van der Waals surface area contributed by atoms with E-state index in [1.54, 1.807) is 13.2 Å². The smallest absolute Gasteiger partial charge is 0.267 e. The van der Waals surface area contributed by atoms with Gasteiger partial charge in [-0.05, 0) is 19.9 Å². The van der Waals surface area contributed by atoms with Crippen molar-refractivity contribution in [2.75, 3.05) is 31.3 Å². The van der Waals surface area contributed by atoms with Crippen molar-refractivity contribution in [2.24, 2.45) is 0 Å². The Kier molecular flexibility index (Phi) is 6.00. The average molecular weight is 380 g/mol. The van der Waals surface area contributed by atoms with Crippen molar-refractivity contribution >= 4 is 11.6 Å². The third-order valence-electron chi connectivity index (χ3n) is 4.13. The van der Waals surface area contributed by atoms with Crippen LogP contribution in [-0.4, -0.2) is 40.0 Å². The number of hydrogen-bond acceptors (Lipinski definition) is 7. The molecule has 3 N–H and O–H groups in total. The Morgan fingerprint density at radius 1 is 1.11 bits per heavy atom. The lowest BCUT2D eigenvalue weighted by molar-refractivity contribution is 0.210. The zero-order chi connectivity index (χ0) is 20.1. The molecular formula is C20H24N6O2. The molecule has 0 fully saturated rings. The van der Waals surface area contributed by atoms with Gasteiger partial charge in [-0.1, -0.05) is 30.3 Å². The van der Waals surface area contributed by atoms with Gasteiger partial charge in [0.15, 0.2) is 11.6 Å². The van der Waals surface area contributed by atoms with E-state index in [1.165, 1.54) is 10.7 Å². The molecule has 0 spiro atoms. The van der Waals surface area contributed by atoms with Crippen LogP contribution in [0.4, 0.5) is 11.6 Å². The van der Waals surface area contributed by atoms with Crippen LogP contribution in [0.1, 0.15) is 19.9 Å². The first-order valence-electron chi connectivity index (χ1n) is 9.07. The van der Waals surface area contributed by atoms with Crippen molar-refractivity contribution in [1.82, 2.24) is 19.7 Å². The number of hydrogen-bond donors (Lipinski definition) is 2. The first-order valence-corrected chi connectivity index (χ1v) is 9.07. The molecule has 3 rings (SSSR count). The van der Waals surface area contributed by atoms with Gasteiger partial charge < -0.3 is 15.8 Å². The van der Waals surface area contributed by atoms with Gasteiger partial charge in [0.2, 0.25) is 0 Å². The lowest BCUT2D eigenvalue weighted by atomic mass is 10.1. The molecule has 2 heterocycles. The minimum atomic E-state index is -0.165. The molecule has 0 saturated heterocycles. The summed E-state index contributed by atoms with van der Waals surface area (Å²) in [6, 6.07) is 12.7. The van der Waals surface area contributed by atoms with Crippen molar-refractivity contribution in [3.05, 3.63) is 52.8 Å². The summed E-state index contributed by atoms with van der Waals surface area (Å²) in [7, 11) is 1.62. The Morgan fingerprint density at radius 2 is 1.86 bits per heavy atom. The van der Waals surface area contributed by atoms with Crippen LogP contribution in [0, 0.1) is 0 Å². The molecule has 0 bridgehead atoms. The van der Waals surface area contributed by atoms with Crippen LogP contribution in [-0.2, 0) is 4.74 Å². The summed E-state index contributed by atoms with van der Waals surface area (Å²) >= 11 is 0. The second-order valence-electron chi connectivity index (χ2n) is 6.54. The number of nitrogen functional groups attached to an aromatic ring is 1. The zero-order valence-corrected chi connectivity index (χ0v) is 16.2. The summed E-state index contributed by atoms with van der Waals surface area (Å²) in [5, 5.41) is 7.64. The maximum Gasteiger partial charge on any atom is 0.267 e. The lowest BCUT2D eigenvalue weighted by Crippen LogP contribution is -2.24. The van der Waals surface area contributed by atoms with Gasteiger partial charge in [0, 0.05) is 25.3 Å². The van der Waals surface area contributed by atoms with Crippen LogP contribution >= 0.6 is 0 Å². The van der Waals surface area contributed by atoms with Crippen LogP contribution in [0.2, 0.25) is 0 Å². The molecule has 146 valence electrons. The molecule has 0 atom stereocenters. The van der Waals surface area contributed by atoms with Crippen LogP contribution in [0.25, 0.3) is 22.6 Å². The molecule has 0 amide bonds. The van der Waals surface area contributed by atoms with Gasteiger partial charge in [-0.25, -0.2) is 14.6 Å². The van der Waals surface area contributed by atoms with Crippen LogP contribution in [0.15, 0.2) is 47.3 Å². The fraction of sp³-hybridized carbons (Fsp3) is 0.300. The molecule has 28 heavy (non-hydrogen) atoms. The molecule has 0 aliphatic heterocycles. The van der Waals surface area contributed by atoms with Crippen molar-refractivity contribution in [1.29, 1.82) is 0 Å². The Morgan fingerprint density at radius 3 is 2.54 bits per heavy atom. The van der Waals surface area contributed by atoms with Gasteiger partial charge >= 0.3 is 0 Å². The van der Waals surface area contributed by atoms with E-state index in [2.05, 4.69) is 20.4 Å². The Hall–Kier alpha value is -3.26. The number of nitrogens with one attached hydrogen (secondary N) is 1. The molecule has 8 heteroatoms. The summed E-state index contributed by atoms with van der Waals surface area (Å²) < 4.78 is 6.50. The van der Waals surface area contributed by atoms with E-state index in [-0.39, 0.29) is 17.4 Å². The number of methoxy groups -OCH3 is 1. The number of nitrogens with zero attached hydrogens (tertiary/aromatic N) is 4. The minimum absolute atomic E-state index is 0.0753. The van der Waals surface area contributed by atoms with Gasteiger partial charge in [-0.15, -0.1) is 0 Å². The fourth-order valence-electron chi connectivity index (χ4n) is 2.75. The van der Waals surface area contributed by atoms with E-state index >= 15 is 0 Å². The molecule has 0 unspecified atom stereocenters. The van der Waals surface area contributed by atoms with E-state index in [4.69, 9.17) is 10.5 Å². The molecule has 3 aromatic rings. The summed E-state index contributed by atoms with van der Waals surface area (Å²) in [6.07, 6.45) is 0. The van der Waals surface area contributed by atoms with Crippen LogP contribution in [0.3, 0.4) is 0 Å². The Labute approximate surface area is 163 Å². The second kappa shape index (κ2) is 8.62. The van der Waals surface area contributed by atoms with Gasteiger partial charge in [-0.2, -0.15) is 5.10 Å². The summed E-state index contributed by atoms with van der Waals surface area (Å²) in [6.45, 7) is 4.86. The SMILES string of the molecule is COCCNc1nc(-c2ccc(=O)n(C(C)C)n2)c(-c2ccccc2)nc1N. The van der Waals surface area contributed by atoms with Crippen molar-refractivity contribution in [3.63, 3.8) is 0 Å². The maximum absolute atomic E-state index is 12.1. The Balaban J connectivity index is 2.17. The third kappa shape index (κ3) is 4.17. The molecule has 0 radical (unpaired) electrons. The van der Waals surface area contributed by atoms with Gasteiger partial charge in [0.25, 0.3) is 5.56 Å². The molecule has 1 aromatic carbocycles. The highest BCUT2D eigenvalue weighted by Crippen LogP contribution is 2.31. The molecule has 8 nitrogen and oxygen atoms in total. The Bertz CT molecular complexity index is 1000. The fourth-order valence-corrected chi connectivity index (χ4v) is 2.75. The standard InChI is InChI=1S/C20H24N6O2/c1-13(2)26-16(27)10-9-15(25-26)18-17(14-7-5-4-6-8-14)23-19(21)20(24-18)22-11-12-28-3/h4-10,13H,11-12H2,1-3H3,(H2,21,23)(H,22,24). The van der Waals surface area contributed by atoms with Crippen molar-refractivity contribution in [2.45, 2.75) is 19.9 Å². The second-order valence-corrected chi connectivity index (χ2v) is 6.54. The third-order valence-corrected chi connectivity index (χ3v) is 4.13. The largest absolute Gasteiger partial charge is 0.383 e. The van der Waals surface area contributed by atoms with Gasteiger partial charge in [0.1, 0.15) is 17.1 Å². The first kappa shape index (κ1) is 19.5. The highest BCUT2D eigenvalue weighted by atomic mass is 16.5. The number of nitrogens with two attached hydrogens (primary N) is 1. The van der Waals surface area contributed by atoms with Gasteiger partial charge in [0.05, 0.1) is 12.6 Å². The highest BCUT2D eigenvalue weighted by molar-refractivity contribution is 5.79. The lowest BCUT2D eigenvalue weighted by Gasteiger charge is -2.15. The normalized spacial score (nSPS) is 11.0. The summed E-state index contributed by atoms with van der Waals surface area (Å²) in [5.41, 5.74) is 8.55. The molecular weight excluding hydrogens is 356 g/mol. The van der Waals surface area contributed by atoms with E-state index < -0.39 is 0 Å². The topological polar surface area (TPSA) is 108 Å². The van der Waals surface area contributed by atoms with Crippen LogP contribution < -0.4 is 16.6 Å². The highest BCUT2D eigenvalue weighted by Gasteiger charge is 2.17. The molecule has 0 aliphatic carbocycles. The van der Waals surface area contributed by atoms with Gasteiger partial charge in [-0.3, -0.25) is 4.79 Å². The van der Waals surface area contributed by atoms with Crippen LogP contribution in [0.5, 0.6) is 0 Å². The first-order chi connectivity index (χ1) is 13.5. The van der Waals surface area contributed by atoms with E-state index in [0.717, 1.165) is 5.56 Å². The number of ether oxygens (including phenoxy) is 1. The molecule has 2 aromatic heterocycles. The number of anilines is 2. The monoisotopic (exact) mass is 380 g/mol. The quantitative estimate of drug-likeness (QED) is 0.607. The predicted octanol–water partition coefficient (Wildman–Crippen LogP) is 2.59. The number of rotatable bonds is 7. The van der Waals surface area contributed by atoms with Crippen molar-refractivity contribution < 1.29 is 4.74 Å². The van der Waals surface area contributed by atoms with E-state index in [9.17, 15) is 4.79 Å². The minimum Gasteiger partial charge on any atom is -0.383 e. The molecule has 0 saturated carbocycles. The van der Waals surface area contributed by atoms with E-state index in [1.807, 2.05) is 44.2 Å². The maximum atomic E-state index is 12.1. The van der Waals surface area contributed by atoms with Crippen molar-refractivity contribution in [3.8, 4) is 22.6 Å². The summed E-state index contributed by atoms with van der Waals surface area (Å²) in [5.74, 6) is 0.742. The molecule has 0 aliphatic rings. The average Bonchev–Trinajstić information content (AvgIpc) is 2.70. The number of benzene rings is 1.